The van der Waals surface area contributed by atoms with Crippen LogP contribution in [0.1, 0.15) is 30.4 Å². The van der Waals surface area contributed by atoms with Crippen molar-refractivity contribution < 1.29 is 12.8 Å². The SMILES string of the molecule is Cc1ccc(C)c(S(=O)(=O)c2cn(C)c3cc(N4CCCCC4)c(F)cc3c2=O)c1. The molecule has 7 heteroatoms. The van der Waals surface area contributed by atoms with E-state index in [2.05, 4.69) is 0 Å². The zero-order valence-corrected chi connectivity index (χ0v) is 18.2. The van der Waals surface area contributed by atoms with Crippen LogP contribution in [0.5, 0.6) is 0 Å². The molecule has 2 aromatic carbocycles. The molecule has 0 bridgehead atoms. The molecule has 0 atom stereocenters. The minimum atomic E-state index is -4.05. The van der Waals surface area contributed by atoms with E-state index in [1.54, 1.807) is 43.7 Å². The number of rotatable bonds is 3. The lowest BCUT2D eigenvalue weighted by atomic mass is 10.1. The van der Waals surface area contributed by atoms with Crippen LogP contribution in [0.3, 0.4) is 0 Å². The van der Waals surface area contributed by atoms with E-state index in [1.165, 1.54) is 12.3 Å². The normalized spacial score (nSPS) is 15.0. The van der Waals surface area contributed by atoms with Gasteiger partial charge in [-0.25, -0.2) is 12.8 Å². The fourth-order valence-electron chi connectivity index (χ4n) is 4.15. The molecule has 1 aliphatic heterocycles. The first-order valence-electron chi connectivity index (χ1n) is 10.1. The van der Waals surface area contributed by atoms with Crippen molar-refractivity contribution in [2.75, 3.05) is 18.0 Å². The fourth-order valence-corrected chi connectivity index (χ4v) is 5.87. The van der Waals surface area contributed by atoms with E-state index in [9.17, 15) is 17.6 Å². The number of hydrogen-bond acceptors (Lipinski definition) is 4. The number of piperidine rings is 1. The summed E-state index contributed by atoms with van der Waals surface area (Å²) < 4.78 is 43.2. The van der Waals surface area contributed by atoms with Crippen LogP contribution < -0.4 is 10.3 Å². The van der Waals surface area contributed by atoms with E-state index < -0.39 is 21.1 Å². The van der Waals surface area contributed by atoms with Crippen molar-refractivity contribution in [2.24, 2.45) is 7.05 Å². The third kappa shape index (κ3) is 3.41. The highest BCUT2D eigenvalue weighted by molar-refractivity contribution is 7.91. The van der Waals surface area contributed by atoms with Crippen LogP contribution in [0.4, 0.5) is 10.1 Å². The molecule has 5 nitrogen and oxygen atoms in total. The third-order valence-corrected chi connectivity index (χ3v) is 7.73. The molecule has 4 rings (SSSR count). The van der Waals surface area contributed by atoms with E-state index in [4.69, 9.17) is 0 Å². The van der Waals surface area contributed by atoms with Crippen LogP contribution in [-0.4, -0.2) is 26.1 Å². The van der Waals surface area contributed by atoms with Crippen LogP contribution in [-0.2, 0) is 16.9 Å². The Hall–Kier alpha value is -2.67. The number of halogens is 1. The summed E-state index contributed by atoms with van der Waals surface area (Å²) in [5, 5.41) is 0.0714. The van der Waals surface area contributed by atoms with E-state index in [1.807, 2.05) is 11.0 Å². The molecule has 1 fully saturated rings. The first-order chi connectivity index (χ1) is 14.2. The summed E-state index contributed by atoms with van der Waals surface area (Å²) in [5.74, 6) is -0.497. The molecule has 3 aromatic rings. The lowest BCUT2D eigenvalue weighted by Crippen LogP contribution is -2.30. The van der Waals surface area contributed by atoms with E-state index in [-0.39, 0.29) is 15.2 Å². The maximum Gasteiger partial charge on any atom is 0.212 e. The van der Waals surface area contributed by atoms with Crippen molar-refractivity contribution in [1.82, 2.24) is 4.57 Å². The summed E-state index contributed by atoms with van der Waals surface area (Å²) in [6, 6.07) is 7.95. The maximum atomic E-state index is 14.9. The molecule has 1 aliphatic rings. The molecule has 0 spiro atoms. The quantitative estimate of drug-likeness (QED) is 0.630. The number of hydrogen-bond donors (Lipinski definition) is 0. The van der Waals surface area contributed by atoms with Gasteiger partial charge in [-0.15, -0.1) is 0 Å². The number of aryl methyl sites for hydroxylation is 3. The molecule has 0 amide bonds. The first-order valence-corrected chi connectivity index (χ1v) is 11.6. The number of aromatic nitrogens is 1. The van der Waals surface area contributed by atoms with E-state index >= 15 is 0 Å². The lowest BCUT2D eigenvalue weighted by Gasteiger charge is -2.29. The van der Waals surface area contributed by atoms with Crippen LogP contribution in [0, 0.1) is 19.7 Å². The van der Waals surface area contributed by atoms with Gasteiger partial charge >= 0.3 is 0 Å². The molecule has 0 aliphatic carbocycles. The highest BCUT2D eigenvalue weighted by Crippen LogP contribution is 2.29. The van der Waals surface area contributed by atoms with Crippen molar-refractivity contribution in [3.05, 3.63) is 63.7 Å². The standard InChI is InChI=1S/C23H25FN2O3S/c1-15-7-8-16(2)21(11-15)30(28,29)22-14-25(3)19-13-20(26-9-5-4-6-10-26)18(24)12-17(19)23(22)27/h7-8,11-14H,4-6,9-10H2,1-3H3. The first kappa shape index (κ1) is 20.6. The predicted octanol–water partition coefficient (Wildman–Crippen LogP) is 4.12. The molecule has 158 valence electrons. The van der Waals surface area contributed by atoms with Crippen molar-refractivity contribution >= 4 is 26.4 Å². The second-order valence-corrected chi connectivity index (χ2v) is 9.96. The van der Waals surface area contributed by atoms with Crippen molar-refractivity contribution in [1.29, 1.82) is 0 Å². The average Bonchev–Trinajstić information content (AvgIpc) is 2.72. The van der Waals surface area contributed by atoms with E-state index in [0.717, 1.165) is 37.9 Å². The smallest absolute Gasteiger partial charge is 0.212 e. The van der Waals surface area contributed by atoms with Gasteiger partial charge in [0.05, 0.1) is 21.5 Å². The number of sulfone groups is 1. The van der Waals surface area contributed by atoms with Crippen LogP contribution in [0.2, 0.25) is 0 Å². The largest absolute Gasteiger partial charge is 0.369 e. The lowest BCUT2D eigenvalue weighted by molar-refractivity contribution is 0.557. The van der Waals surface area contributed by atoms with Crippen LogP contribution in [0.15, 0.2) is 51.1 Å². The fraction of sp³-hybridized carbons (Fsp3) is 0.348. The molecule has 1 aromatic heterocycles. The number of nitrogens with zero attached hydrogens (tertiary/aromatic N) is 2. The van der Waals surface area contributed by atoms with Gasteiger partial charge in [0.15, 0.2) is 0 Å². The number of benzene rings is 2. The van der Waals surface area contributed by atoms with Gasteiger partial charge < -0.3 is 9.47 Å². The van der Waals surface area contributed by atoms with Gasteiger partial charge in [0.25, 0.3) is 0 Å². The Bertz CT molecular complexity index is 1310. The topological polar surface area (TPSA) is 59.4 Å². The third-order valence-electron chi connectivity index (χ3n) is 5.84. The van der Waals surface area contributed by atoms with Gasteiger partial charge in [-0.1, -0.05) is 12.1 Å². The minimum absolute atomic E-state index is 0.0714. The number of pyridine rings is 1. The molecule has 0 radical (unpaired) electrons. The number of fused-ring (bicyclic) bond motifs is 1. The minimum Gasteiger partial charge on any atom is -0.369 e. The molecule has 0 N–H and O–H groups in total. The summed E-state index contributed by atoms with van der Waals surface area (Å²) in [6.45, 7) is 5.04. The summed E-state index contributed by atoms with van der Waals surface area (Å²) >= 11 is 0. The summed E-state index contributed by atoms with van der Waals surface area (Å²) in [6.07, 6.45) is 4.48. The van der Waals surface area contributed by atoms with Gasteiger partial charge in [0.2, 0.25) is 15.3 Å². The zero-order chi connectivity index (χ0) is 21.6. The average molecular weight is 429 g/mol. The zero-order valence-electron chi connectivity index (χ0n) is 17.4. The Labute approximate surface area is 175 Å². The monoisotopic (exact) mass is 428 g/mol. The Morgan fingerprint density at radius 1 is 0.967 bits per heavy atom. The molecular formula is C23H25FN2O3S. The van der Waals surface area contributed by atoms with Gasteiger partial charge in [0.1, 0.15) is 10.7 Å². The second kappa shape index (κ2) is 7.54. The van der Waals surface area contributed by atoms with Crippen LogP contribution in [0.25, 0.3) is 10.9 Å². The van der Waals surface area contributed by atoms with Gasteiger partial charge in [-0.2, -0.15) is 0 Å². The van der Waals surface area contributed by atoms with Gasteiger partial charge in [-0.05, 0) is 62.4 Å². The molecule has 0 unspecified atom stereocenters. The summed E-state index contributed by atoms with van der Waals surface area (Å²) in [7, 11) is -2.36. The Morgan fingerprint density at radius 3 is 2.37 bits per heavy atom. The molecule has 2 heterocycles. The van der Waals surface area contributed by atoms with Crippen molar-refractivity contribution in [3.63, 3.8) is 0 Å². The van der Waals surface area contributed by atoms with Crippen molar-refractivity contribution in [2.45, 2.75) is 42.9 Å². The second-order valence-electron chi connectivity index (χ2n) is 8.07. The Morgan fingerprint density at radius 2 is 1.67 bits per heavy atom. The highest BCUT2D eigenvalue weighted by atomic mass is 32.2. The van der Waals surface area contributed by atoms with Gasteiger partial charge in [0, 0.05) is 26.3 Å². The Balaban J connectivity index is 1.92. The van der Waals surface area contributed by atoms with E-state index in [0.29, 0.717) is 16.8 Å². The molecular weight excluding hydrogens is 403 g/mol. The highest BCUT2D eigenvalue weighted by Gasteiger charge is 2.26. The number of anilines is 1. The Kier molecular flexibility index (Phi) is 5.18. The molecule has 30 heavy (non-hydrogen) atoms. The maximum absolute atomic E-state index is 14.9. The molecule has 0 saturated carbocycles. The molecule has 1 saturated heterocycles. The summed E-state index contributed by atoms with van der Waals surface area (Å²) in [4.78, 5) is 14.9. The predicted molar refractivity (Wildman–Crippen MR) is 117 cm³/mol. The van der Waals surface area contributed by atoms with Gasteiger partial charge in [-0.3, -0.25) is 4.79 Å². The van der Waals surface area contributed by atoms with Crippen LogP contribution >= 0.6 is 0 Å². The van der Waals surface area contributed by atoms with Crippen molar-refractivity contribution in [3.8, 4) is 0 Å². The summed E-state index contributed by atoms with van der Waals surface area (Å²) in [5.41, 5.74) is 1.65.